The molecular formula is C12H14N2OS. The van der Waals surface area contributed by atoms with Gasteiger partial charge < -0.3 is 14.3 Å². The topological polar surface area (TPSA) is 29.9 Å². The number of rotatable bonds is 3. The highest BCUT2D eigenvalue weighted by Crippen LogP contribution is 2.20. The van der Waals surface area contributed by atoms with Crippen molar-refractivity contribution in [2.45, 2.75) is 13.0 Å². The van der Waals surface area contributed by atoms with Crippen molar-refractivity contribution >= 4 is 12.2 Å². The van der Waals surface area contributed by atoms with Crippen LogP contribution in [0.4, 0.5) is 0 Å². The van der Waals surface area contributed by atoms with Crippen molar-refractivity contribution in [3.8, 4) is 5.75 Å². The monoisotopic (exact) mass is 234 g/mol. The van der Waals surface area contributed by atoms with Crippen molar-refractivity contribution in [1.82, 2.24) is 9.55 Å². The highest BCUT2D eigenvalue weighted by Gasteiger charge is 2.07. The summed E-state index contributed by atoms with van der Waals surface area (Å²) < 4.78 is 7.89. The second-order valence-corrected chi connectivity index (χ2v) is 4.01. The smallest absolute Gasteiger partial charge is 0.177 e. The van der Waals surface area contributed by atoms with Crippen LogP contribution in [-0.4, -0.2) is 16.7 Å². The summed E-state index contributed by atoms with van der Waals surface area (Å²) in [5.41, 5.74) is 1.21. The fraction of sp³-hybridized carbons (Fsp3) is 0.250. The van der Waals surface area contributed by atoms with E-state index < -0.39 is 0 Å². The minimum Gasteiger partial charge on any atom is -0.497 e. The summed E-state index contributed by atoms with van der Waals surface area (Å²) in [6.45, 7) is 2.12. The summed E-state index contributed by atoms with van der Waals surface area (Å²) >= 11 is 5.19. The second-order valence-electron chi connectivity index (χ2n) is 3.62. The number of ether oxygens (including phenoxy) is 1. The molecule has 0 saturated carbocycles. The van der Waals surface area contributed by atoms with Gasteiger partial charge in [-0.2, -0.15) is 0 Å². The predicted octanol–water partition coefficient (Wildman–Crippen LogP) is 3.16. The number of methoxy groups -OCH3 is 1. The van der Waals surface area contributed by atoms with E-state index in [-0.39, 0.29) is 6.04 Å². The number of nitrogens with zero attached hydrogens (tertiary/aromatic N) is 1. The van der Waals surface area contributed by atoms with E-state index in [4.69, 9.17) is 17.0 Å². The molecule has 16 heavy (non-hydrogen) atoms. The van der Waals surface area contributed by atoms with Crippen molar-refractivity contribution in [3.05, 3.63) is 47.0 Å². The Balaban J connectivity index is 2.31. The Labute approximate surface area is 99.7 Å². The summed E-state index contributed by atoms with van der Waals surface area (Å²) in [6.07, 6.45) is 3.81. The number of nitrogens with one attached hydrogen (secondary N) is 1. The van der Waals surface area contributed by atoms with Crippen LogP contribution >= 0.6 is 12.2 Å². The third-order valence-electron chi connectivity index (χ3n) is 2.69. The number of aromatic amines is 1. The van der Waals surface area contributed by atoms with Crippen LogP contribution in [0.5, 0.6) is 5.75 Å². The minimum atomic E-state index is 0.227. The SMILES string of the molecule is COc1ccc(C(C)n2cc[nH]c2=S)cc1. The molecule has 0 radical (unpaired) electrons. The fourth-order valence-corrected chi connectivity index (χ4v) is 1.97. The highest BCUT2D eigenvalue weighted by molar-refractivity contribution is 7.71. The molecule has 0 fully saturated rings. The van der Waals surface area contributed by atoms with Crippen LogP contribution in [0.25, 0.3) is 0 Å². The second kappa shape index (κ2) is 4.53. The van der Waals surface area contributed by atoms with Crippen molar-refractivity contribution in [1.29, 1.82) is 0 Å². The number of imidazole rings is 1. The Morgan fingerprint density at radius 3 is 2.50 bits per heavy atom. The Bertz CT molecular complexity index is 512. The van der Waals surface area contributed by atoms with Crippen molar-refractivity contribution in [2.24, 2.45) is 0 Å². The summed E-state index contributed by atoms with van der Waals surface area (Å²) in [6, 6.07) is 8.26. The summed E-state index contributed by atoms with van der Waals surface area (Å²) in [5.74, 6) is 0.869. The van der Waals surface area contributed by atoms with E-state index >= 15 is 0 Å². The van der Waals surface area contributed by atoms with Crippen molar-refractivity contribution in [2.75, 3.05) is 7.11 Å². The van der Waals surface area contributed by atoms with Gasteiger partial charge in [0.05, 0.1) is 13.2 Å². The molecule has 2 rings (SSSR count). The average Bonchev–Trinajstić information content (AvgIpc) is 2.75. The molecule has 3 nitrogen and oxygen atoms in total. The normalized spacial score (nSPS) is 12.4. The van der Waals surface area contributed by atoms with E-state index in [9.17, 15) is 0 Å². The Kier molecular flexibility index (Phi) is 3.10. The maximum atomic E-state index is 5.19. The van der Waals surface area contributed by atoms with Crippen LogP contribution in [0.2, 0.25) is 0 Å². The Hall–Kier alpha value is -1.55. The van der Waals surface area contributed by atoms with Gasteiger partial charge in [-0.05, 0) is 36.8 Å². The van der Waals surface area contributed by atoms with Crippen molar-refractivity contribution < 1.29 is 4.74 Å². The third-order valence-corrected chi connectivity index (χ3v) is 3.02. The largest absolute Gasteiger partial charge is 0.497 e. The van der Waals surface area contributed by atoms with E-state index in [1.807, 2.05) is 29.1 Å². The van der Waals surface area contributed by atoms with Gasteiger partial charge in [-0.1, -0.05) is 12.1 Å². The van der Waals surface area contributed by atoms with Gasteiger partial charge in [0.15, 0.2) is 4.77 Å². The maximum absolute atomic E-state index is 5.19. The molecule has 1 aromatic heterocycles. The van der Waals surface area contributed by atoms with Gasteiger partial charge in [0.1, 0.15) is 5.75 Å². The first-order valence-electron chi connectivity index (χ1n) is 5.12. The quantitative estimate of drug-likeness (QED) is 0.827. The molecule has 4 heteroatoms. The van der Waals surface area contributed by atoms with E-state index in [0.717, 1.165) is 10.5 Å². The van der Waals surface area contributed by atoms with Crippen LogP contribution in [0.15, 0.2) is 36.7 Å². The zero-order valence-electron chi connectivity index (χ0n) is 9.31. The number of benzene rings is 1. The van der Waals surface area contributed by atoms with Gasteiger partial charge in [0.25, 0.3) is 0 Å². The number of hydrogen-bond donors (Lipinski definition) is 1. The van der Waals surface area contributed by atoms with Crippen LogP contribution in [0.1, 0.15) is 18.5 Å². The molecule has 1 heterocycles. The Morgan fingerprint density at radius 1 is 1.31 bits per heavy atom. The van der Waals surface area contributed by atoms with Gasteiger partial charge in [-0.3, -0.25) is 0 Å². The van der Waals surface area contributed by atoms with E-state index in [1.54, 1.807) is 7.11 Å². The predicted molar refractivity (Wildman–Crippen MR) is 66.4 cm³/mol. The molecular weight excluding hydrogens is 220 g/mol. The van der Waals surface area contributed by atoms with Gasteiger partial charge in [-0.25, -0.2) is 0 Å². The lowest BCUT2D eigenvalue weighted by molar-refractivity contribution is 0.414. The molecule has 0 aliphatic carbocycles. The first-order valence-corrected chi connectivity index (χ1v) is 5.52. The number of hydrogen-bond acceptors (Lipinski definition) is 2. The lowest BCUT2D eigenvalue weighted by atomic mass is 10.1. The fourth-order valence-electron chi connectivity index (χ4n) is 1.68. The molecule has 1 N–H and O–H groups in total. The van der Waals surface area contributed by atoms with Crippen LogP contribution in [-0.2, 0) is 0 Å². The van der Waals surface area contributed by atoms with Gasteiger partial charge in [-0.15, -0.1) is 0 Å². The number of H-pyrrole nitrogens is 1. The summed E-state index contributed by atoms with van der Waals surface area (Å²) in [7, 11) is 1.67. The standard InChI is InChI=1S/C12H14N2OS/c1-9(14-8-7-13-12(14)16)10-3-5-11(15-2)6-4-10/h3-9H,1-2H3,(H,13,16). The number of aromatic nitrogens is 2. The van der Waals surface area contributed by atoms with Crippen LogP contribution in [0, 0.1) is 4.77 Å². The molecule has 0 amide bonds. The lowest BCUT2D eigenvalue weighted by Crippen LogP contribution is -2.05. The molecule has 84 valence electrons. The zero-order valence-corrected chi connectivity index (χ0v) is 10.1. The molecule has 0 spiro atoms. The highest BCUT2D eigenvalue weighted by atomic mass is 32.1. The van der Waals surface area contributed by atoms with Crippen LogP contribution < -0.4 is 4.74 Å². The first-order chi connectivity index (χ1) is 7.72. The molecule has 1 unspecified atom stereocenters. The van der Waals surface area contributed by atoms with Gasteiger partial charge >= 0.3 is 0 Å². The summed E-state index contributed by atoms with van der Waals surface area (Å²) in [4.78, 5) is 2.99. The average molecular weight is 234 g/mol. The van der Waals surface area contributed by atoms with Gasteiger partial charge in [0, 0.05) is 12.4 Å². The zero-order chi connectivity index (χ0) is 11.5. The third kappa shape index (κ3) is 2.02. The molecule has 0 aliphatic rings. The molecule has 1 atom stereocenters. The van der Waals surface area contributed by atoms with Crippen molar-refractivity contribution in [3.63, 3.8) is 0 Å². The maximum Gasteiger partial charge on any atom is 0.177 e. The van der Waals surface area contributed by atoms with Crippen LogP contribution in [0.3, 0.4) is 0 Å². The summed E-state index contributed by atoms with van der Waals surface area (Å²) in [5, 5.41) is 0. The minimum absolute atomic E-state index is 0.227. The molecule has 2 aromatic rings. The lowest BCUT2D eigenvalue weighted by Gasteiger charge is -2.13. The first kappa shape index (κ1) is 11.0. The molecule has 0 aliphatic heterocycles. The van der Waals surface area contributed by atoms with E-state index in [1.165, 1.54) is 5.56 Å². The van der Waals surface area contributed by atoms with E-state index in [2.05, 4.69) is 24.0 Å². The van der Waals surface area contributed by atoms with Gasteiger partial charge in [0.2, 0.25) is 0 Å². The van der Waals surface area contributed by atoms with E-state index in [0.29, 0.717) is 0 Å². The Morgan fingerprint density at radius 2 is 2.00 bits per heavy atom. The molecule has 1 aromatic carbocycles. The molecule has 0 bridgehead atoms. The molecule has 0 saturated heterocycles.